The van der Waals surface area contributed by atoms with Crippen molar-refractivity contribution in [3.63, 3.8) is 0 Å². The van der Waals surface area contributed by atoms with Crippen molar-refractivity contribution in [3.8, 4) is 11.4 Å². The molecule has 3 rings (SSSR count). The third kappa shape index (κ3) is 2.73. The zero-order valence-corrected chi connectivity index (χ0v) is 12.0. The molecule has 1 atom stereocenters. The van der Waals surface area contributed by atoms with Gasteiger partial charge in [0.15, 0.2) is 11.6 Å². The van der Waals surface area contributed by atoms with Gasteiger partial charge in [0.2, 0.25) is 5.95 Å². The Bertz CT molecular complexity index is 627. The minimum atomic E-state index is -0.411. The van der Waals surface area contributed by atoms with Crippen LogP contribution < -0.4 is 10.6 Å². The van der Waals surface area contributed by atoms with Crippen molar-refractivity contribution in [3.05, 3.63) is 24.3 Å². The zero-order chi connectivity index (χ0) is 14.9. The first-order valence-corrected chi connectivity index (χ1v) is 7.09. The van der Waals surface area contributed by atoms with E-state index in [9.17, 15) is 4.39 Å². The van der Waals surface area contributed by atoms with Gasteiger partial charge in [-0.2, -0.15) is 4.98 Å². The van der Waals surface area contributed by atoms with E-state index in [0.717, 1.165) is 25.9 Å². The van der Waals surface area contributed by atoms with Crippen LogP contribution in [0.25, 0.3) is 11.4 Å². The fourth-order valence-electron chi connectivity index (χ4n) is 2.73. The van der Waals surface area contributed by atoms with Crippen LogP contribution in [-0.2, 0) is 0 Å². The summed E-state index contributed by atoms with van der Waals surface area (Å²) in [7, 11) is 0. The highest BCUT2D eigenvalue weighted by Gasteiger charge is 2.31. The molecule has 0 saturated carbocycles. The minimum absolute atomic E-state index is 0.0843. The molecule has 2 aromatic heterocycles. The Morgan fingerprint density at radius 2 is 2.38 bits per heavy atom. The number of nitrogens with one attached hydrogen (secondary N) is 1. The average molecular weight is 290 g/mol. The number of nitrogens with zero attached hydrogens (tertiary/aromatic N) is 4. The molecule has 0 bridgehead atoms. The lowest BCUT2D eigenvalue weighted by molar-refractivity contribution is 0.270. The number of nitrogens with two attached hydrogens (primary N) is 1. The maximum atomic E-state index is 13.7. The monoisotopic (exact) mass is 290 g/mol. The van der Waals surface area contributed by atoms with Gasteiger partial charge in [0.05, 0.1) is 11.8 Å². The summed E-state index contributed by atoms with van der Waals surface area (Å²) >= 11 is 0. The molecule has 1 saturated heterocycles. The van der Waals surface area contributed by atoms with Crippen molar-refractivity contribution in [2.75, 3.05) is 24.5 Å². The molecule has 0 aromatic carbocycles. The number of H-pyrrole nitrogens is 1. The molecule has 1 fully saturated rings. The summed E-state index contributed by atoms with van der Waals surface area (Å²) in [4.78, 5) is 10.3. The Balaban J connectivity index is 1.84. The van der Waals surface area contributed by atoms with Gasteiger partial charge in [-0.3, -0.25) is 10.1 Å². The molecule has 1 aliphatic rings. The molecular weight excluding hydrogens is 271 g/mol. The smallest absolute Gasteiger partial charge is 0.245 e. The van der Waals surface area contributed by atoms with Gasteiger partial charge in [-0.05, 0) is 30.9 Å². The third-order valence-electron chi connectivity index (χ3n) is 4.06. The summed E-state index contributed by atoms with van der Waals surface area (Å²) in [5.74, 6) is 0.608. The minimum Gasteiger partial charge on any atom is -0.339 e. The van der Waals surface area contributed by atoms with Crippen LogP contribution in [0.1, 0.15) is 19.8 Å². The first-order chi connectivity index (χ1) is 10.1. The predicted octanol–water partition coefficient (Wildman–Crippen LogP) is 1.57. The van der Waals surface area contributed by atoms with E-state index in [1.54, 1.807) is 6.07 Å². The first kappa shape index (κ1) is 13.9. The lowest BCUT2D eigenvalue weighted by Gasteiger charge is -2.39. The lowest BCUT2D eigenvalue weighted by Crippen LogP contribution is -2.46. The van der Waals surface area contributed by atoms with Crippen molar-refractivity contribution in [2.24, 2.45) is 11.1 Å². The zero-order valence-electron chi connectivity index (χ0n) is 12.0. The fraction of sp³-hybridized carbons (Fsp3) is 0.500. The topological polar surface area (TPSA) is 83.7 Å². The van der Waals surface area contributed by atoms with Gasteiger partial charge in [-0.1, -0.05) is 6.92 Å². The molecule has 0 radical (unpaired) electrons. The second-order valence-electron chi connectivity index (χ2n) is 5.88. The van der Waals surface area contributed by atoms with Crippen molar-refractivity contribution < 1.29 is 4.39 Å². The summed E-state index contributed by atoms with van der Waals surface area (Å²) in [6, 6.07) is 1.58. The number of pyridine rings is 1. The van der Waals surface area contributed by atoms with E-state index in [1.165, 1.54) is 12.4 Å². The largest absolute Gasteiger partial charge is 0.339 e. The van der Waals surface area contributed by atoms with Crippen LogP contribution >= 0.6 is 0 Å². The van der Waals surface area contributed by atoms with E-state index in [1.807, 2.05) is 0 Å². The van der Waals surface area contributed by atoms with E-state index in [0.29, 0.717) is 23.9 Å². The van der Waals surface area contributed by atoms with Crippen LogP contribution in [0.3, 0.4) is 0 Å². The van der Waals surface area contributed by atoms with Gasteiger partial charge in [-0.15, -0.1) is 5.10 Å². The molecule has 6 nitrogen and oxygen atoms in total. The van der Waals surface area contributed by atoms with Crippen molar-refractivity contribution >= 4 is 5.95 Å². The first-order valence-electron chi connectivity index (χ1n) is 7.09. The van der Waals surface area contributed by atoms with Gasteiger partial charge < -0.3 is 10.6 Å². The van der Waals surface area contributed by atoms with E-state index < -0.39 is 5.82 Å². The molecule has 3 heterocycles. The van der Waals surface area contributed by atoms with Crippen LogP contribution in [0.5, 0.6) is 0 Å². The summed E-state index contributed by atoms with van der Waals surface area (Å²) in [6.07, 6.45) is 4.87. The van der Waals surface area contributed by atoms with Crippen LogP contribution in [0.2, 0.25) is 0 Å². The molecule has 3 N–H and O–H groups in total. The van der Waals surface area contributed by atoms with E-state index in [4.69, 9.17) is 5.73 Å². The maximum absolute atomic E-state index is 13.7. The number of aromatic nitrogens is 4. The SMILES string of the molecule is CC1(CN)CCCN(c2n[nH]c(-c3ccncc3F)n2)C1. The Kier molecular flexibility index (Phi) is 3.59. The number of halogens is 1. The van der Waals surface area contributed by atoms with Crippen LogP contribution in [-0.4, -0.2) is 39.8 Å². The number of hydrogen-bond acceptors (Lipinski definition) is 5. The van der Waals surface area contributed by atoms with Gasteiger partial charge >= 0.3 is 0 Å². The van der Waals surface area contributed by atoms with Crippen molar-refractivity contribution in [1.29, 1.82) is 0 Å². The molecule has 1 unspecified atom stereocenters. The predicted molar refractivity (Wildman–Crippen MR) is 78.2 cm³/mol. The molecule has 0 spiro atoms. The summed E-state index contributed by atoms with van der Waals surface area (Å²) < 4.78 is 13.7. The van der Waals surface area contributed by atoms with E-state index in [-0.39, 0.29) is 5.41 Å². The lowest BCUT2D eigenvalue weighted by atomic mass is 9.82. The molecule has 0 amide bonds. The van der Waals surface area contributed by atoms with Crippen molar-refractivity contribution in [2.45, 2.75) is 19.8 Å². The Labute approximate surface area is 122 Å². The van der Waals surface area contributed by atoms with Crippen LogP contribution in [0.15, 0.2) is 18.5 Å². The Morgan fingerprint density at radius 1 is 1.52 bits per heavy atom. The standard InChI is InChI=1S/C14H19FN6/c1-14(8-16)4-2-6-21(9-14)13-18-12(19-20-13)10-3-5-17-7-11(10)15/h3,5,7H,2,4,6,8-9,16H2,1H3,(H,18,19,20). The highest BCUT2D eigenvalue weighted by atomic mass is 19.1. The quantitative estimate of drug-likeness (QED) is 0.896. The highest BCUT2D eigenvalue weighted by Crippen LogP contribution is 2.30. The average Bonchev–Trinajstić information content (AvgIpc) is 2.97. The normalized spacial score (nSPS) is 22.5. The summed E-state index contributed by atoms with van der Waals surface area (Å²) in [6.45, 7) is 4.53. The van der Waals surface area contributed by atoms with E-state index >= 15 is 0 Å². The van der Waals surface area contributed by atoms with Crippen molar-refractivity contribution in [1.82, 2.24) is 20.2 Å². The number of piperidine rings is 1. The molecule has 2 aromatic rings. The maximum Gasteiger partial charge on any atom is 0.245 e. The summed E-state index contributed by atoms with van der Waals surface area (Å²) in [5.41, 5.74) is 6.32. The molecule has 7 heteroatoms. The fourth-order valence-corrected chi connectivity index (χ4v) is 2.73. The van der Waals surface area contributed by atoms with Gasteiger partial charge in [-0.25, -0.2) is 4.39 Å². The molecule has 0 aliphatic carbocycles. The number of hydrogen-bond donors (Lipinski definition) is 2. The number of aromatic amines is 1. The third-order valence-corrected chi connectivity index (χ3v) is 4.06. The van der Waals surface area contributed by atoms with Gasteiger partial charge in [0.1, 0.15) is 0 Å². The van der Waals surface area contributed by atoms with Gasteiger partial charge in [0.25, 0.3) is 0 Å². The second-order valence-corrected chi connectivity index (χ2v) is 5.88. The van der Waals surface area contributed by atoms with Crippen LogP contribution in [0, 0.1) is 11.2 Å². The Hall–Kier alpha value is -2.02. The molecule has 1 aliphatic heterocycles. The number of rotatable bonds is 3. The van der Waals surface area contributed by atoms with Crippen LogP contribution in [0.4, 0.5) is 10.3 Å². The molecule has 21 heavy (non-hydrogen) atoms. The molecular formula is C14H19FN6. The second kappa shape index (κ2) is 5.40. The summed E-state index contributed by atoms with van der Waals surface area (Å²) in [5, 5.41) is 7.02. The highest BCUT2D eigenvalue weighted by molar-refractivity contribution is 5.56. The van der Waals surface area contributed by atoms with E-state index in [2.05, 4.69) is 32.0 Å². The number of anilines is 1. The van der Waals surface area contributed by atoms with Gasteiger partial charge in [0, 0.05) is 19.3 Å². The molecule has 112 valence electrons. The Morgan fingerprint density at radius 3 is 3.14 bits per heavy atom.